The summed E-state index contributed by atoms with van der Waals surface area (Å²) in [6, 6.07) is 7.98. The van der Waals surface area contributed by atoms with Gasteiger partial charge in [-0.2, -0.15) is 0 Å². The van der Waals surface area contributed by atoms with Gasteiger partial charge in [-0.3, -0.25) is 0 Å². The normalized spacial score (nSPS) is 13.8. The molecule has 0 heterocycles. The Kier molecular flexibility index (Phi) is 6.90. The summed E-state index contributed by atoms with van der Waals surface area (Å²) < 4.78 is 0. The molecule has 1 heteroatoms. The average Bonchev–Trinajstić information content (AvgIpc) is 2.42. The highest BCUT2D eigenvalue weighted by atomic mass is 35.5. The first-order valence-electron chi connectivity index (χ1n) is 6.14. The van der Waals surface area contributed by atoms with E-state index < -0.39 is 0 Å². The molecule has 0 aliphatic heterocycles. The van der Waals surface area contributed by atoms with Gasteiger partial charge in [0.2, 0.25) is 0 Å². The van der Waals surface area contributed by atoms with Crippen LogP contribution in [0.1, 0.15) is 25.3 Å². The predicted molar refractivity (Wildman–Crippen MR) is 82.8 cm³/mol. The minimum absolute atomic E-state index is 0.795. The molecule has 0 aromatic heterocycles. The molecule has 1 aromatic rings. The van der Waals surface area contributed by atoms with Gasteiger partial charge in [0.15, 0.2) is 0 Å². The van der Waals surface area contributed by atoms with Crippen molar-refractivity contribution >= 4 is 17.2 Å². The Morgan fingerprint density at radius 1 is 1.17 bits per heavy atom. The highest BCUT2D eigenvalue weighted by Gasteiger charge is 1.99. The molecule has 0 nitrogen and oxygen atoms in total. The molecular weight excluding hydrogens is 240 g/mol. The standard InChI is InChI=1S/C12H11Cl.C5H8/c13-12-8-6-11(7-9-12)10-4-2-1-3-5-10;1-3-5-4-2/h2,4-9H,1,3H2;3-5H,1H2,2H3/b;5-4+. The van der Waals surface area contributed by atoms with Crippen molar-refractivity contribution in [3.8, 4) is 0 Å². The lowest BCUT2D eigenvalue weighted by atomic mass is 10.00. The quantitative estimate of drug-likeness (QED) is 0.586. The minimum Gasteiger partial charge on any atom is -0.0991 e. The van der Waals surface area contributed by atoms with Crippen molar-refractivity contribution in [3.63, 3.8) is 0 Å². The van der Waals surface area contributed by atoms with Crippen molar-refractivity contribution in [2.75, 3.05) is 0 Å². The van der Waals surface area contributed by atoms with Crippen molar-refractivity contribution in [1.82, 2.24) is 0 Å². The Labute approximate surface area is 115 Å². The summed E-state index contributed by atoms with van der Waals surface area (Å²) in [5, 5.41) is 0.795. The number of hydrogen-bond donors (Lipinski definition) is 0. The van der Waals surface area contributed by atoms with Crippen LogP contribution >= 0.6 is 11.6 Å². The highest BCUT2D eigenvalue weighted by molar-refractivity contribution is 6.30. The molecule has 0 saturated heterocycles. The molecule has 0 fully saturated rings. The van der Waals surface area contributed by atoms with E-state index in [0.29, 0.717) is 0 Å². The van der Waals surface area contributed by atoms with Crippen LogP contribution in [0.2, 0.25) is 5.02 Å². The fourth-order valence-electron chi connectivity index (χ4n) is 1.61. The monoisotopic (exact) mass is 258 g/mol. The zero-order valence-electron chi connectivity index (χ0n) is 10.8. The van der Waals surface area contributed by atoms with Gasteiger partial charge in [-0.25, -0.2) is 0 Å². The second-order valence-electron chi connectivity index (χ2n) is 3.91. The zero-order chi connectivity index (χ0) is 13.2. The summed E-state index contributed by atoms with van der Waals surface area (Å²) in [5.74, 6) is 0. The number of allylic oxidation sites excluding steroid dienone is 7. The summed E-state index contributed by atoms with van der Waals surface area (Å²) in [4.78, 5) is 0. The molecule has 2 rings (SSSR count). The average molecular weight is 259 g/mol. The number of hydrogen-bond acceptors (Lipinski definition) is 0. The molecule has 94 valence electrons. The molecule has 0 amide bonds. The fourth-order valence-corrected chi connectivity index (χ4v) is 1.73. The molecule has 0 N–H and O–H groups in total. The van der Waals surface area contributed by atoms with Gasteiger partial charge >= 0.3 is 0 Å². The van der Waals surface area contributed by atoms with Crippen molar-refractivity contribution in [2.24, 2.45) is 0 Å². The number of benzene rings is 1. The summed E-state index contributed by atoms with van der Waals surface area (Å²) >= 11 is 5.81. The Hall–Kier alpha value is -1.53. The first-order valence-corrected chi connectivity index (χ1v) is 6.52. The topological polar surface area (TPSA) is 0 Å². The van der Waals surface area contributed by atoms with Crippen LogP contribution in [-0.4, -0.2) is 0 Å². The van der Waals surface area contributed by atoms with E-state index in [0.717, 1.165) is 17.9 Å². The smallest absolute Gasteiger partial charge is 0.0406 e. The Morgan fingerprint density at radius 2 is 1.89 bits per heavy atom. The molecule has 0 atom stereocenters. The summed E-state index contributed by atoms with van der Waals surface area (Å²) in [7, 11) is 0. The third-order valence-electron chi connectivity index (χ3n) is 2.50. The first-order chi connectivity index (χ1) is 8.77. The molecule has 0 bridgehead atoms. The lowest BCUT2D eigenvalue weighted by Crippen LogP contribution is -1.84. The molecule has 0 radical (unpaired) electrons. The Morgan fingerprint density at radius 3 is 2.33 bits per heavy atom. The molecule has 0 unspecified atom stereocenters. The molecular formula is C17H19Cl. The van der Waals surface area contributed by atoms with Gasteiger partial charge in [-0.15, -0.1) is 0 Å². The van der Waals surface area contributed by atoms with Crippen LogP contribution in [0.5, 0.6) is 0 Å². The molecule has 0 spiro atoms. The van der Waals surface area contributed by atoms with Crippen molar-refractivity contribution in [1.29, 1.82) is 0 Å². The fraction of sp³-hybridized carbons (Fsp3) is 0.176. The van der Waals surface area contributed by atoms with E-state index in [1.165, 1.54) is 11.1 Å². The first kappa shape index (κ1) is 14.5. The van der Waals surface area contributed by atoms with E-state index in [4.69, 9.17) is 11.6 Å². The SMILES string of the molecule is C=C/C=C/C.Clc1ccc(C2=CCCC=C2)cc1. The van der Waals surface area contributed by atoms with Gasteiger partial charge in [0, 0.05) is 5.02 Å². The van der Waals surface area contributed by atoms with Gasteiger partial charge in [0.25, 0.3) is 0 Å². The molecule has 1 aromatic carbocycles. The van der Waals surface area contributed by atoms with Crippen LogP contribution in [0, 0.1) is 0 Å². The maximum Gasteiger partial charge on any atom is 0.0406 e. The lowest BCUT2D eigenvalue weighted by molar-refractivity contribution is 1.04. The largest absolute Gasteiger partial charge is 0.0991 e. The minimum atomic E-state index is 0.795. The van der Waals surface area contributed by atoms with E-state index in [1.807, 2.05) is 31.2 Å². The summed E-state index contributed by atoms with van der Waals surface area (Å²) in [5.41, 5.74) is 2.56. The maximum absolute atomic E-state index is 5.81. The number of halogens is 1. The van der Waals surface area contributed by atoms with Gasteiger partial charge in [0.1, 0.15) is 0 Å². The molecule has 0 saturated carbocycles. The van der Waals surface area contributed by atoms with Crippen LogP contribution in [0.4, 0.5) is 0 Å². The van der Waals surface area contributed by atoms with Crippen LogP contribution in [-0.2, 0) is 0 Å². The zero-order valence-corrected chi connectivity index (χ0v) is 11.5. The predicted octanol–water partition coefficient (Wildman–Crippen LogP) is 5.82. The van der Waals surface area contributed by atoms with Gasteiger partial charge in [-0.1, -0.05) is 66.8 Å². The van der Waals surface area contributed by atoms with Crippen LogP contribution in [0.15, 0.2) is 67.3 Å². The second kappa shape index (κ2) is 8.54. The molecule has 18 heavy (non-hydrogen) atoms. The second-order valence-corrected chi connectivity index (χ2v) is 4.34. The van der Waals surface area contributed by atoms with Crippen molar-refractivity contribution in [2.45, 2.75) is 19.8 Å². The lowest BCUT2D eigenvalue weighted by Gasteiger charge is -2.06. The number of rotatable bonds is 2. The van der Waals surface area contributed by atoms with E-state index in [1.54, 1.807) is 6.08 Å². The highest BCUT2D eigenvalue weighted by Crippen LogP contribution is 2.22. The third-order valence-corrected chi connectivity index (χ3v) is 2.75. The maximum atomic E-state index is 5.81. The van der Waals surface area contributed by atoms with Crippen LogP contribution in [0.3, 0.4) is 0 Å². The van der Waals surface area contributed by atoms with Gasteiger partial charge in [-0.05, 0) is 43.0 Å². The van der Waals surface area contributed by atoms with Gasteiger partial charge < -0.3 is 0 Å². The van der Waals surface area contributed by atoms with E-state index in [9.17, 15) is 0 Å². The molecule has 1 aliphatic carbocycles. The molecule has 1 aliphatic rings. The van der Waals surface area contributed by atoms with Crippen molar-refractivity contribution < 1.29 is 0 Å². The van der Waals surface area contributed by atoms with E-state index in [-0.39, 0.29) is 0 Å². The van der Waals surface area contributed by atoms with Crippen LogP contribution < -0.4 is 0 Å². The van der Waals surface area contributed by atoms with E-state index >= 15 is 0 Å². The van der Waals surface area contributed by atoms with Gasteiger partial charge in [0.05, 0.1) is 0 Å². The third kappa shape index (κ3) is 5.20. The Balaban J connectivity index is 0.000000280. The Bertz CT molecular complexity index is 447. The van der Waals surface area contributed by atoms with Crippen LogP contribution in [0.25, 0.3) is 5.57 Å². The van der Waals surface area contributed by atoms with E-state index in [2.05, 4.69) is 36.9 Å². The summed E-state index contributed by atoms with van der Waals surface area (Å²) in [6.45, 7) is 5.42. The van der Waals surface area contributed by atoms with Crippen molar-refractivity contribution in [3.05, 3.63) is 77.9 Å². The summed E-state index contributed by atoms with van der Waals surface area (Å²) in [6.07, 6.45) is 14.5.